The lowest BCUT2D eigenvalue weighted by atomic mass is 10.2. The molecule has 5 nitrogen and oxygen atoms in total. The molecule has 0 spiro atoms. The third-order valence-electron chi connectivity index (χ3n) is 2.60. The van der Waals surface area contributed by atoms with Gasteiger partial charge in [-0.25, -0.2) is 9.37 Å². The molecule has 0 aliphatic heterocycles. The molecule has 1 heterocycles. The van der Waals surface area contributed by atoms with Gasteiger partial charge >= 0.3 is 0 Å². The third kappa shape index (κ3) is 2.12. The molecule has 0 saturated carbocycles. The van der Waals surface area contributed by atoms with Gasteiger partial charge in [-0.2, -0.15) is 0 Å². The predicted molar refractivity (Wildman–Crippen MR) is 68.2 cm³/mol. The van der Waals surface area contributed by atoms with Crippen LogP contribution in [0.15, 0.2) is 52.0 Å². The van der Waals surface area contributed by atoms with Crippen molar-refractivity contribution in [3.05, 3.63) is 58.7 Å². The molecule has 0 amide bonds. The summed E-state index contributed by atoms with van der Waals surface area (Å²) < 4.78 is 18.7. The van der Waals surface area contributed by atoms with Crippen molar-refractivity contribution in [3.8, 4) is 11.5 Å². The predicted octanol–water partition coefficient (Wildman–Crippen LogP) is 4.58. The Morgan fingerprint density at radius 1 is 1.21 bits per heavy atom. The Morgan fingerprint density at radius 3 is 2.89 bits per heavy atom. The van der Waals surface area contributed by atoms with Crippen molar-refractivity contribution < 1.29 is 8.81 Å². The summed E-state index contributed by atoms with van der Waals surface area (Å²) in [6, 6.07) is 10.9. The summed E-state index contributed by atoms with van der Waals surface area (Å²) in [6.07, 6.45) is 0. The fraction of sp³-hybridized carbons (Fsp3) is 0. The number of hydrogen-bond donors (Lipinski definition) is 0. The Labute approximate surface area is 106 Å². The molecule has 6 heteroatoms. The SMILES string of the molecule is [N-]=[N+]=Nc1ccc2oc(-c3cccc(F)c3)nc2c1. The first-order chi connectivity index (χ1) is 9.26. The molecule has 3 aromatic rings. The van der Waals surface area contributed by atoms with Gasteiger partial charge in [-0.05, 0) is 41.9 Å². The van der Waals surface area contributed by atoms with Crippen LogP contribution in [0.25, 0.3) is 33.0 Å². The average Bonchev–Trinajstić information content (AvgIpc) is 2.82. The van der Waals surface area contributed by atoms with E-state index in [1.165, 1.54) is 12.1 Å². The van der Waals surface area contributed by atoms with Crippen LogP contribution in [0.5, 0.6) is 0 Å². The molecule has 2 aromatic carbocycles. The van der Waals surface area contributed by atoms with E-state index in [0.717, 1.165) is 0 Å². The highest BCUT2D eigenvalue weighted by Gasteiger charge is 2.09. The van der Waals surface area contributed by atoms with Crippen molar-refractivity contribution in [2.45, 2.75) is 0 Å². The Kier molecular flexibility index (Phi) is 2.63. The number of benzene rings is 2. The van der Waals surface area contributed by atoms with Gasteiger partial charge in [0, 0.05) is 16.2 Å². The van der Waals surface area contributed by atoms with Crippen molar-refractivity contribution in [1.82, 2.24) is 4.98 Å². The number of oxazole rings is 1. The van der Waals surface area contributed by atoms with E-state index >= 15 is 0 Å². The van der Waals surface area contributed by atoms with E-state index in [0.29, 0.717) is 28.2 Å². The Hall–Kier alpha value is -2.85. The minimum Gasteiger partial charge on any atom is -0.436 e. The van der Waals surface area contributed by atoms with Crippen LogP contribution in [0.2, 0.25) is 0 Å². The summed E-state index contributed by atoms with van der Waals surface area (Å²) in [6.45, 7) is 0. The van der Waals surface area contributed by atoms with Crippen LogP contribution < -0.4 is 0 Å². The smallest absolute Gasteiger partial charge is 0.227 e. The van der Waals surface area contributed by atoms with Crippen LogP contribution in [0.4, 0.5) is 10.1 Å². The van der Waals surface area contributed by atoms with E-state index in [1.54, 1.807) is 30.3 Å². The third-order valence-corrected chi connectivity index (χ3v) is 2.60. The Balaban J connectivity index is 2.13. The summed E-state index contributed by atoms with van der Waals surface area (Å²) in [5, 5.41) is 3.49. The van der Waals surface area contributed by atoms with E-state index in [4.69, 9.17) is 9.95 Å². The Bertz CT molecular complexity index is 805. The lowest BCUT2D eigenvalue weighted by molar-refractivity contribution is 0.611. The van der Waals surface area contributed by atoms with Crippen LogP contribution in [0.1, 0.15) is 0 Å². The van der Waals surface area contributed by atoms with Gasteiger partial charge in [0.2, 0.25) is 5.89 Å². The molecule has 0 atom stereocenters. The maximum atomic E-state index is 13.1. The highest BCUT2D eigenvalue weighted by Crippen LogP contribution is 2.27. The maximum absolute atomic E-state index is 13.1. The topological polar surface area (TPSA) is 74.8 Å². The normalized spacial score (nSPS) is 10.4. The largest absolute Gasteiger partial charge is 0.436 e. The first-order valence-corrected chi connectivity index (χ1v) is 5.48. The minimum atomic E-state index is -0.352. The van der Waals surface area contributed by atoms with Crippen molar-refractivity contribution >= 4 is 16.8 Å². The van der Waals surface area contributed by atoms with Gasteiger partial charge < -0.3 is 4.42 Å². The maximum Gasteiger partial charge on any atom is 0.227 e. The molecular weight excluding hydrogens is 247 g/mol. The molecule has 0 fully saturated rings. The van der Waals surface area contributed by atoms with E-state index in [1.807, 2.05) is 0 Å². The molecule has 0 radical (unpaired) electrons. The molecule has 0 unspecified atom stereocenters. The van der Waals surface area contributed by atoms with Gasteiger partial charge in [-0.15, -0.1) is 0 Å². The van der Waals surface area contributed by atoms with Gasteiger partial charge in [0.1, 0.15) is 11.3 Å². The van der Waals surface area contributed by atoms with E-state index < -0.39 is 0 Å². The van der Waals surface area contributed by atoms with Crippen LogP contribution >= 0.6 is 0 Å². The van der Waals surface area contributed by atoms with E-state index in [9.17, 15) is 4.39 Å². The second-order valence-corrected chi connectivity index (χ2v) is 3.87. The first-order valence-electron chi connectivity index (χ1n) is 5.48. The quantitative estimate of drug-likeness (QED) is 0.381. The lowest BCUT2D eigenvalue weighted by Gasteiger charge is -1.93. The number of rotatable bonds is 2. The number of nitrogens with zero attached hydrogens (tertiary/aromatic N) is 4. The van der Waals surface area contributed by atoms with Crippen LogP contribution in [-0.2, 0) is 0 Å². The zero-order valence-electron chi connectivity index (χ0n) is 9.62. The minimum absolute atomic E-state index is 0.326. The molecule has 0 N–H and O–H groups in total. The van der Waals surface area contributed by atoms with Crippen LogP contribution in [0.3, 0.4) is 0 Å². The van der Waals surface area contributed by atoms with Crippen molar-refractivity contribution in [1.29, 1.82) is 0 Å². The van der Waals surface area contributed by atoms with Gasteiger partial charge in [0.25, 0.3) is 0 Å². The molecule has 0 saturated heterocycles. The Morgan fingerprint density at radius 2 is 2.11 bits per heavy atom. The fourth-order valence-corrected chi connectivity index (χ4v) is 1.77. The molecule has 1 aromatic heterocycles. The molecule has 3 rings (SSSR count). The lowest BCUT2D eigenvalue weighted by Crippen LogP contribution is -1.78. The summed E-state index contributed by atoms with van der Waals surface area (Å²) in [5.74, 6) is -0.0258. The van der Waals surface area contributed by atoms with Crippen LogP contribution in [-0.4, -0.2) is 4.98 Å². The van der Waals surface area contributed by atoms with Crippen molar-refractivity contribution in [3.63, 3.8) is 0 Å². The van der Waals surface area contributed by atoms with Gasteiger partial charge in [-0.3, -0.25) is 0 Å². The molecule has 0 aliphatic rings. The number of fused-ring (bicyclic) bond motifs is 1. The number of halogens is 1. The second kappa shape index (κ2) is 4.44. The highest BCUT2D eigenvalue weighted by molar-refractivity contribution is 5.79. The zero-order valence-corrected chi connectivity index (χ0v) is 9.62. The standard InChI is InChI=1S/C13H7FN4O/c14-9-3-1-2-8(6-9)13-16-11-7-10(17-18-15)4-5-12(11)19-13/h1-7H. The highest BCUT2D eigenvalue weighted by atomic mass is 19.1. The molecular formula is C13H7FN4O. The molecule has 0 aliphatic carbocycles. The van der Waals surface area contributed by atoms with Gasteiger partial charge in [0.05, 0.1) is 0 Å². The van der Waals surface area contributed by atoms with E-state index in [2.05, 4.69) is 15.0 Å². The summed E-state index contributed by atoms with van der Waals surface area (Å²) in [4.78, 5) is 6.96. The fourth-order valence-electron chi connectivity index (χ4n) is 1.77. The molecule has 92 valence electrons. The monoisotopic (exact) mass is 254 g/mol. The average molecular weight is 254 g/mol. The summed E-state index contributed by atoms with van der Waals surface area (Å²) >= 11 is 0. The van der Waals surface area contributed by atoms with Gasteiger partial charge in [-0.1, -0.05) is 11.2 Å². The van der Waals surface area contributed by atoms with E-state index in [-0.39, 0.29) is 5.82 Å². The second-order valence-electron chi connectivity index (χ2n) is 3.87. The van der Waals surface area contributed by atoms with Crippen molar-refractivity contribution in [2.24, 2.45) is 5.11 Å². The summed E-state index contributed by atoms with van der Waals surface area (Å²) in [5.41, 5.74) is 10.5. The zero-order chi connectivity index (χ0) is 13.2. The summed E-state index contributed by atoms with van der Waals surface area (Å²) in [7, 11) is 0. The van der Waals surface area contributed by atoms with Crippen molar-refractivity contribution in [2.75, 3.05) is 0 Å². The number of aromatic nitrogens is 1. The first kappa shape index (κ1) is 11.3. The number of azide groups is 1. The number of hydrogen-bond acceptors (Lipinski definition) is 3. The van der Waals surface area contributed by atoms with Gasteiger partial charge in [0.15, 0.2) is 5.58 Å². The van der Waals surface area contributed by atoms with Crippen LogP contribution in [0, 0.1) is 5.82 Å². The molecule has 19 heavy (non-hydrogen) atoms. The molecule has 0 bridgehead atoms.